The van der Waals surface area contributed by atoms with Gasteiger partial charge in [-0.2, -0.15) is 4.37 Å². The number of rotatable bonds is 10. The Kier molecular flexibility index (Phi) is 10.0. The summed E-state index contributed by atoms with van der Waals surface area (Å²) in [5, 5.41) is 5.97. The van der Waals surface area contributed by atoms with E-state index in [-0.39, 0.29) is 22.3 Å². The van der Waals surface area contributed by atoms with Crippen LogP contribution in [-0.4, -0.2) is 34.7 Å². The quantitative estimate of drug-likeness (QED) is 0.203. The van der Waals surface area contributed by atoms with Gasteiger partial charge in [-0.15, -0.1) is 0 Å². The van der Waals surface area contributed by atoms with Gasteiger partial charge in [-0.05, 0) is 78.7 Å². The number of anilines is 2. The van der Waals surface area contributed by atoms with Crippen molar-refractivity contribution >= 4 is 40.6 Å². The molecule has 4 aromatic rings. The molecule has 1 fully saturated rings. The maximum atomic E-state index is 14.4. The molecule has 1 aromatic heterocycles. The van der Waals surface area contributed by atoms with Crippen molar-refractivity contribution < 1.29 is 18.8 Å². The van der Waals surface area contributed by atoms with Gasteiger partial charge in [0.1, 0.15) is 16.7 Å². The molecule has 1 atom stereocenters. The number of carbonyl (C=O) groups is 3. The number of aryl methyl sites for hydroxylation is 1. The van der Waals surface area contributed by atoms with Crippen LogP contribution < -0.4 is 21.3 Å². The number of nitrogens with one attached hydrogen (secondary N) is 2. The van der Waals surface area contributed by atoms with E-state index in [9.17, 15) is 18.8 Å². The van der Waals surface area contributed by atoms with E-state index < -0.39 is 29.6 Å². The van der Waals surface area contributed by atoms with Crippen LogP contribution in [0.3, 0.4) is 0 Å². The molecule has 1 aliphatic carbocycles. The Labute approximate surface area is 260 Å². The third-order valence-corrected chi connectivity index (χ3v) is 8.68. The standard InChI is InChI=1S/C34H36FN5O3S/c1-22-9-8-14-27(21-22)40(34(43)31-28(36)29(39-44-31)32(41)38-26-12-6-3-7-13-26)30(24-15-17-25(35)18-16-24)33(42)37-20-19-23-10-4-2-5-11-23/h2,4-5,8-11,14-18,21,26,30H,3,6-7,12-13,19-20,36H2,1H3,(H,37,42)(H,38,41)/t30-/m0/s1. The van der Waals surface area contributed by atoms with Crippen LogP contribution >= 0.6 is 11.5 Å². The molecule has 8 nitrogen and oxygen atoms in total. The molecule has 0 bridgehead atoms. The third kappa shape index (κ3) is 7.31. The van der Waals surface area contributed by atoms with Crippen LogP contribution in [0, 0.1) is 12.7 Å². The van der Waals surface area contributed by atoms with Crippen LogP contribution in [0.4, 0.5) is 15.8 Å². The van der Waals surface area contributed by atoms with Crippen molar-refractivity contribution in [2.75, 3.05) is 17.2 Å². The van der Waals surface area contributed by atoms with Gasteiger partial charge in [-0.1, -0.05) is 73.9 Å². The van der Waals surface area contributed by atoms with Crippen LogP contribution in [0.5, 0.6) is 0 Å². The van der Waals surface area contributed by atoms with E-state index in [1.165, 1.54) is 29.2 Å². The van der Waals surface area contributed by atoms with Gasteiger partial charge in [0, 0.05) is 18.3 Å². The molecular formula is C34H36FN5O3S. The Balaban J connectivity index is 1.49. The fraction of sp³-hybridized carbons (Fsp3) is 0.294. The molecule has 1 aliphatic rings. The van der Waals surface area contributed by atoms with Gasteiger partial charge >= 0.3 is 0 Å². The van der Waals surface area contributed by atoms with Crippen LogP contribution in [0.1, 0.15) is 75.0 Å². The van der Waals surface area contributed by atoms with E-state index >= 15 is 0 Å². The molecule has 0 aliphatic heterocycles. The minimum Gasteiger partial charge on any atom is -0.395 e. The van der Waals surface area contributed by atoms with Gasteiger partial charge in [-0.3, -0.25) is 19.3 Å². The van der Waals surface area contributed by atoms with Crippen molar-refractivity contribution in [2.24, 2.45) is 0 Å². The summed E-state index contributed by atoms with van der Waals surface area (Å²) in [6.45, 7) is 2.21. The molecule has 0 unspecified atom stereocenters. The second-order valence-electron chi connectivity index (χ2n) is 11.1. The Morgan fingerprint density at radius 1 is 1.00 bits per heavy atom. The molecule has 0 radical (unpaired) electrons. The molecule has 10 heteroatoms. The van der Waals surface area contributed by atoms with Crippen molar-refractivity contribution in [3.05, 3.63) is 112 Å². The third-order valence-electron chi connectivity index (χ3n) is 7.82. The van der Waals surface area contributed by atoms with Gasteiger partial charge in [0.2, 0.25) is 5.91 Å². The summed E-state index contributed by atoms with van der Waals surface area (Å²) in [5.74, 6) is -1.91. The predicted molar refractivity (Wildman–Crippen MR) is 171 cm³/mol. The highest BCUT2D eigenvalue weighted by Crippen LogP contribution is 2.34. The summed E-state index contributed by atoms with van der Waals surface area (Å²) in [6, 6.07) is 21.3. The maximum absolute atomic E-state index is 14.4. The Morgan fingerprint density at radius 3 is 2.43 bits per heavy atom. The number of aromatic nitrogens is 1. The Morgan fingerprint density at radius 2 is 1.73 bits per heavy atom. The highest BCUT2D eigenvalue weighted by Gasteiger charge is 2.36. The predicted octanol–water partition coefficient (Wildman–Crippen LogP) is 5.98. The maximum Gasteiger partial charge on any atom is 0.273 e. The zero-order chi connectivity index (χ0) is 31.1. The number of halogens is 1. The van der Waals surface area contributed by atoms with E-state index in [1.54, 1.807) is 18.2 Å². The second-order valence-corrected chi connectivity index (χ2v) is 11.9. The van der Waals surface area contributed by atoms with E-state index in [0.29, 0.717) is 24.2 Å². The molecule has 3 aromatic carbocycles. The number of benzene rings is 3. The van der Waals surface area contributed by atoms with Crippen molar-refractivity contribution in [1.29, 1.82) is 0 Å². The van der Waals surface area contributed by atoms with Crippen LogP contribution in [-0.2, 0) is 11.2 Å². The molecule has 1 saturated carbocycles. The second kappa shape index (κ2) is 14.3. The van der Waals surface area contributed by atoms with E-state index in [1.807, 2.05) is 43.3 Å². The zero-order valence-corrected chi connectivity index (χ0v) is 25.4. The summed E-state index contributed by atoms with van der Waals surface area (Å²) in [4.78, 5) is 42.9. The van der Waals surface area contributed by atoms with E-state index in [0.717, 1.165) is 54.8 Å². The zero-order valence-electron chi connectivity index (χ0n) is 24.6. The van der Waals surface area contributed by atoms with E-state index in [4.69, 9.17) is 5.73 Å². The molecule has 44 heavy (non-hydrogen) atoms. The smallest absolute Gasteiger partial charge is 0.273 e. The average Bonchev–Trinajstić information content (AvgIpc) is 3.42. The summed E-state index contributed by atoms with van der Waals surface area (Å²) in [6.07, 6.45) is 5.61. The van der Waals surface area contributed by atoms with Gasteiger partial charge in [0.25, 0.3) is 11.8 Å². The molecule has 228 valence electrons. The van der Waals surface area contributed by atoms with Crippen molar-refractivity contribution in [3.63, 3.8) is 0 Å². The number of nitrogens with zero attached hydrogens (tertiary/aromatic N) is 2. The van der Waals surface area contributed by atoms with Crippen LogP contribution in [0.25, 0.3) is 0 Å². The fourth-order valence-electron chi connectivity index (χ4n) is 5.52. The minimum atomic E-state index is -1.17. The first-order chi connectivity index (χ1) is 21.3. The SMILES string of the molecule is Cc1cccc(N(C(=O)c2snc(C(=O)NC3CCCCC3)c2N)[C@H](C(=O)NCCc2ccccc2)c2ccc(F)cc2)c1. The van der Waals surface area contributed by atoms with E-state index in [2.05, 4.69) is 15.0 Å². The number of carbonyl (C=O) groups excluding carboxylic acids is 3. The topological polar surface area (TPSA) is 117 Å². The molecule has 0 spiro atoms. The van der Waals surface area contributed by atoms with Gasteiger partial charge in [-0.25, -0.2) is 4.39 Å². The largest absolute Gasteiger partial charge is 0.395 e. The number of nitrogens with two attached hydrogens (primary N) is 1. The number of nitrogen functional groups attached to an aromatic ring is 1. The first-order valence-electron chi connectivity index (χ1n) is 14.8. The lowest BCUT2D eigenvalue weighted by Gasteiger charge is -2.31. The number of amides is 3. The molecule has 5 rings (SSSR count). The summed E-state index contributed by atoms with van der Waals surface area (Å²) in [5.41, 5.74) is 9.17. The Hall–Kier alpha value is -4.57. The van der Waals surface area contributed by atoms with Crippen molar-refractivity contribution in [3.8, 4) is 0 Å². The highest BCUT2D eigenvalue weighted by molar-refractivity contribution is 7.09. The number of hydrogen-bond acceptors (Lipinski definition) is 6. The minimum absolute atomic E-state index is 0.00115. The first kappa shape index (κ1) is 30.9. The van der Waals surface area contributed by atoms with Crippen molar-refractivity contribution in [1.82, 2.24) is 15.0 Å². The van der Waals surface area contributed by atoms with Gasteiger partial charge in [0.15, 0.2) is 5.69 Å². The fourth-order valence-corrected chi connectivity index (χ4v) is 6.26. The lowest BCUT2D eigenvalue weighted by Crippen LogP contribution is -2.44. The lowest BCUT2D eigenvalue weighted by molar-refractivity contribution is -0.122. The van der Waals surface area contributed by atoms with Crippen LogP contribution in [0.15, 0.2) is 78.9 Å². The monoisotopic (exact) mass is 613 g/mol. The Bertz CT molecular complexity index is 1600. The summed E-state index contributed by atoms with van der Waals surface area (Å²) in [7, 11) is 0. The highest BCUT2D eigenvalue weighted by atomic mass is 32.1. The molecule has 0 saturated heterocycles. The number of hydrogen-bond donors (Lipinski definition) is 3. The molecule has 1 heterocycles. The normalized spacial score (nSPS) is 14.0. The first-order valence-corrected chi connectivity index (χ1v) is 15.6. The van der Waals surface area contributed by atoms with Gasteiger partial charge < -0.3 is 16.4 Å². The van der Waals surface area contributed by atoms with Crippen molar-refractivity contribution in [2.45, 2.75) is 57.5 Å². The van der Waals surface area contributed by atoms with Gasteiger partial charge in [0.05, 0.1) is 5.69 Å². The summed E-state index contributed by atoms with van der Waals surface area (Å²) < 4.78 is 18.3. The molecule has 3 amide bonds. The average molecular weight is 614 g/mol. The van der Waals surface area contributed by atoms with Crippen LogP contribution in [0.2, 0.25) is 0 Å². The molecular weight excluding hydrogens is 577 g/mol. The lowest BCUT2D eigenvalue weighted by atomic mass is 9.95. The summed E-state index contributed by atoms with van der Waals surface area (Å²) >= 11 is 0.825. The molecule has 4 N–H and O–H groups in total.